The molecule has 2 aliphatic heterocycles. The first kappa shape index (κ1) is 16.2. The van der Waals surface area contributed by atoms with Crippen molar-refractivity contribution in [1.29, 1.82) is 0 Å². The third-order valence-corrected chi connectivity index (χ3v) is 5.54. The number of ether oxygens (including phenoxy) is 2. The van der Waals surface area contributed by atoms with Crippen LogP contribution in [-0.2, 0) is 4.79 Å². The molecule has 0 radical (unpaired) electrons. The predicted octanol–water partition coefficient (Wildman–Crippen LogP) is 2.10. The van der Waals surface area contributed by atoms with E-state index in [0.29, 0.717) is 31.9 Å². The van der Waals surface area contributed by atoms with E-state index in [4.69, 9.17) is 13.9 Å². The Hall–Kier alpha value is -2.96. The number of piperazine rings is 1. The van der Waals surface area contributed by atoms with Crippen molar-refractivity contribution in [3.05, 3.63) is 47.9 Å². The molecule has 0 bridgehead atoms. The second-order valence-corrected chi connectivity index (χ2v) is 7.16. The zero-order valence-electron chi connectivity index (χ0n) is 14.8. The van der Waals surface area contributed by atoms with Gasteiger partial charge in [-0.15, -0.1) is 0 Å². The van der Waals surface area contributed by atoms with Gasteiger partial charge in [-0.1, -0.05) is 6.07 Å². The van der Waals surface area contributed by atoms with Gasteiger partial charge in [0.15, 0.2) is 17.3 Å². The Bertz CT molecular complexity index is 871. The number of rotatable bonds is 3. The van der Waals surface area contributed by atoms with E-state index in [1.54, 1.807) is 17.0 Å². The van der Waals surface area contributed by atoms with E-state index in [2.05, 4.69) is 0 Å². The fraction of sp³-hybridized carbons (Fsp3) is 0.400. The highest BCUT2D eigenvalue weighted by Gasteiger charge is 2.46. The summed E-state index contributed by atoms with van der Waals surface area (Å²) in [6, 6.07) is 9.29. The quantitative estimate of drug-likeness (QED) is 0.830. The summed E-state index contributed by atoms with van der Waals surface area (Å²) in [5, 5.41) is 0. The molecule has 5 rings (SSSR count). The molecule has 27 heavy (non-hydrogen) atoms. The maximum absolute atomic E-state index is 12.8. The number of hydrogen-bond acceptors (Lipinski definition) is 5. The Morgan fingerprint density at radius 3 is 2.52 bits per heavy atom. The molecule has 2 atom stereocenters. The van der Waals surface area contributed by atoms with Gasteiger partial charge in [0.2, 0.25) is 12.7 Å². The molecule has 0 N–H and O–H groups in total. The van der Waals surface area contributed by atoms with Crippen molar-refractivity contribution in [3.63, 3.8) is 0 Å². The lowest BCUT2D eigenvalue weighted by Gasteiger charge is -2.34. The molecular weight excluding hydrogens is 348 g/mol. The molecule has 3 heterocycles. The summed E-state index contributed by atoms with van der Waals surface area (Å²) in [4.78, 5) is 28.8. The van der Waals surface area contributed by atoms with Gasteiger partial charge in [0.25, 0.3) is 5.91 Å². The largest absolute Gasteiger partial charge is 0.459 e. The van der Waals surface area contributed by atoms with Gasteiger partial charge in [-0.2, -0.15) is 0 Å². The van der Waals surface area contributed by atoms with E-state index in [1.807, 2.05) is 23.1 Å². The summed E-state index contributed by atoms with van der Waals surface area (Å²) >= 11 is 0. The topological polar surface area (TPSA) is 72.2 Å². The van der Waals surface area contributed by atoms with Gasteiger partial charge in [0, 0.05) is 32.1 Å². The highest BCUT2D eigenvalue weighted by molar-refractivity contribution is 5.91. The van der Waals surface area contributed by atoms with Crippen LogP contribution in [0.1, 0.15) is 28.5 Å². The molecule has 7 nitrogen and oxygen atoms in total. The van der Waals surface area contributed by atoms with E-state index in [-0.39, 0.29) is 30.4 Å². The number of furan rings is 1. The minimum atomic E-state index is -0.114. The van der Waals surface area contributed by atoms with Crippen molar-refractivity contribution in [3.8, 4) is 11.5 Å². The van der Waals surface area contributed by atoms with Crippen molar-refractivity contribution in [2.45, 2.75) is 12.3 Å². The normalized spacial score (nSPS) is 23.4. The van der Waals surface area contributed by atoms with Crippen LogP contribution >= 0.6 is 0 Å². The van der Waals surface area contributed by atoms with Crippen molar-refractivity contribution < 1.29 is 23.5 Å². The summed E-state index contributed by atoms with van der Waals surface area (Å²) in [5.41, 5.74) is 1.13. The van der Waals surface area contributed by atoms with Crippen LogP contribution in [0, 0.1) is 5.92 Å². The first-order chi connectivity index (χ1) is 13.2. The number of carbonyl (C=O) groups is 2. The van der Waals surface area contributed by atoms with E-state index in [1.165, 1.54) is 6.26 Å². The van der Waals surface area contributed by atoms with Crippen LogP contribution < -0.4 is 9.47 Å². The van der Waals surface area contributed by atoms with Gasteiger partial charge in [0.1, 0.15) is 0 Å². The van der Waals surface area contributed by atoms with Crippen molar-refractivity contribution >= 4 is 11.8 Å². The molecule has 0 unspecified atom stereocenters. The molecule has 1 aromatic heterocycles. The monoisotopic (exact) mass is 368 g/mol. The summed E-state index contributed by atoms with van der Waals surface area (Å²) in [6.07, 6.45) is 2.36. The Morgan fingerprint density at radius 2 is 1.74 bits per heavy atom. The first-order valence-electron chi connectivity index (χ1n) is 9.22. The SMILES string of the molecule is O=C(c1ccco1)N1CCN(C(=O)[C@H]2C[C@H]2c2ccc3c(c2)OCO3)CC1. The number of hydrogen-bond donors (Lipinski definition) is 0. The molecular formula is C20H20N2O5. The lowest BCUT2D eigenvalue weighted by atomic mass is 10.1. The van der Waals surface area contributed by atoms with Gasteiger partial charge >= 0.3 is 0 Å². The molecule has 0 spiro atoms. The molecule has 1 aliphatic carbocycles. The Kier molecular flexibility index (Phi) is 3.81. The van der Waals surface area contributed by atoms with Gasteiger partial charge in [-0.25, -0.2) is 0 Å². The molecule has 2 amide bonds. The first-order valence-corrected chi connectivity index (χ1v) is 9.22. The smallest absolute Gasteiger partial charge is 0.289 e. The lowest BCUT2D eigenvalue weighted by molar-refractivity contribution is -0.134. The minimum absolute atomic E-state index is 0.0256. The van der Waals surface area contributed by atoms with Crippen LogP contribution in [-0.4, -0.2) is 54.6 Å². The number of benzene rings is 1. The van der Waals surface area contributed by atoms with Gasteiger partial charge < -0.3 is 23.7 Å². The Labute approximate surface area is 156 Å². The van der Waals surface area contributed by atoms with Crippen molar-refractivity contribution in [2.24, 2.45) is 5.92 Å². The average molecular weight is 368 g/mol. The Morgan fingerprint density at radius 1 is 0.963 bits per heavy atom. The number of amides is 2. The average Bonchev–Trinajstić information content (AvgIpc) is 3.09. The molecule has 1 aromatic carbocycles. The molecule has 1 saturated heterocycles. The van der Waals surface area contributed by atoms with Gasteiger partial charge in [0.05, 0.1) is 6.26 Å². The highest BCUT2D eigenvalue weighted by Crippen LogP contribution is 2.50. The second kappa shape index (κ2) is 6.33. The van der Waals surface area contributed by atoms with Gasteiger partial charge in [-0.05, 0) is 42.2 Å². The van der Waals surface area contributed by atoms with Crippen LogP contribution in [0.5, 0.6) is 11.5 Å². The van der Waals surface area contributed by atoms with Crippen LogP contribution in [0.3, 0.4) is 0 Å². The summed E-state index contributed by atoms with van der Waals surface area (Å²) in [5.74, 6) is 2.21. The minimum Gasteiger partial charge on any atom is -0.459 e. The zero-order chi connectivity index (χ0) is 18.4. The fourth-order valence-corrected chi connectivity index (χ4v) is 3.90. The summed E-state index contributed by atoms with van der Waals surface area (Å²) in [7, 11) is 0. The molecule has 2 aromatic rings. The molecule has 3 aliphatic rings. The molecule has 7 heteroatoms. The van der Waals surface area contributed by atoms with Gasteiger partial charge in [-0.3, -0.25) is 9.59 Å². The number of nitrogens with zero attached hydrogens (tertiary/aromatic N) is 2. The summed E-state index contributed by atoms with van der Waals surface area (Å²) in [6.45, 7) is 2.46. The van der Waals surface area contributed by atoms with Crippen LogP contribution in [0.2, 0.25) is 0 Å². The fourth-order valence-electron chi connectivity index (χ4n) is 3.90. The Balaban J connectivity index is 1.18. The van der Waals surface area contributed by atoms with E-state index >= 15 is 0 Å². The molecule has 2 fully saturated rings. The van der Waals surface area contributed by atoms with Crippen LogP contribution in [0.25, 0.3) is 0 Å². The summed E-state index contributed by atoms with van der Waals surface area (Å²) < 4.78 is 15.9. The maximum atomic E-state index is 12.8. The van der Waals surface area contributed by atoms with Crippen molar-refractivity contribution in [1.82, 2.24) is 9.80 Å². The molecule has 140 valence electrons. The lowest BCUT2D eigenvalue weighted by Crippen LogP contribution is -2.51. The number of carbonyl (C=O) groups excluding carboxylic acids is 2. The third-order valence-electron chi connectivity index (χ3n) is 5.54. The number of fused-ring (bicyclic) bond motifs is 1. The predicted molar refractivity (Wildman–Crippen MR) is 94.6 cm³/mol. The zero-order valence-corrected chi connectivity index (χ0v) is 14.8. The molecule has 1 saturated carbocycles. The van der Waals surface area contributed by atoms with E-state index < -0.39 is 0 Å². The van der Waals surface area contributed by atoms with Crippen LogP contribution in [0.15, 0.2) is 41.0 Å². The highest BCUT2D eigenvalue weighted by atomic mass is 16.7. The third kappa shape index (κ3) is 2.93. The van der Waals surface area contributed by atoms with Crippen molar-refractivity contribution in [2.75, 3.05) is 33.0 Å². The van der Waals surface area contributed by atoms with E-state index in [0.717, 1.165) is 23.5 Å². The second-order valence-electron chi connectivity index (χ2n) is 7.16. The van der Waals surface area contributed by atoms with Crippen LogP contribution in [0.4, 0.5) is 0 Å². The maximum Gasteiger partial charge on any atom is 0.289 e. The van der Waals surface area contributed by atoms with E-state index in [9.17, 15) is 9.59 Å². The standard InChI is InChI=1S/C20H20N2O5/c23-19(15-11-14(15)13-3-4-16-18(10-13)27-12-26-16)21-5-7-22(8-6-21)20(24)17-2-1-9-25-17/h1-4,9-10,14-15H,5-8,11-12H2/t14-,15-/m0/s1.